The van der Waals surface area contributed by atoms with Crippen molar-refractivity contribution in [2.75, 3.05) is 13.1 Å². The molecular formula is C10H19NO2. The molecule has 1 aliphatic rings. The van der Waals surface area contributed by atoms with E-state index in [1.165, 1.54) is 0 Å². The monoisotopic (exact) mass is 185 g/mol. The van der Waals surface area contributed by atoms with Crippen LogP contribution in [-0.4, -0.2) is 36.1 Å². The Labute approximate surface area is 80.1 Å². The summed E-state index contributed by atoms with van der Waals surface area (Å²) in [7, 11) is 0. The summed E-state index contributed by atoms with van der Waals surface area (Å²) in [6.45, 7) is 7.57. The zero-order chi connectivity index (χ0) is 9.84. The summed E-state index contributed by atoms with van der Waals surface area (Å²) in [5, 5.41) is 0. The zero-order valence-electron chi connectivity index (χ0n) is 8.75. The average molecular weight is 185 g/mol. The van der Waals surface area contributed by atoms with E-state index in [9.17, 15) is 4.79 Å². The number of amides is 1. The molecule has 0 aromatic rings. The number of nitrogens with zero attached hydrogens (tertiary/aromatic N) is 1. The second kappa shape index (κ2) is 4.61. The lowest BCUT2D eigenvalue weighted by atomic mass is 10.2. The van der Waals surface area contributed by atoms with Gasteiger partial charge in [0.25, 0.3) is 0 Å². The number of morpholine rings is 1. The molecule has 13 heavy (non-hydrogen) atoms. The van der Waals surface area contributed by atoms with Gasteiger partial charge < -0.3 is 9.64 Å². The van der Waals surface area contributed by atoms with Gasteiger partial charge in [0.05, 0.1) is 12.2 Å². The summed E-state index contributed by atoms with van der Waals surface area (Å²) in [5.74, 6) is 0.268. The summed E-state index contributed by atoms with van der Waals surface area (Å²) >= 11 is 0. The van der Waals surface area contributed by atoms with E-state index in [0.717, 1.165) is 19.5 Å². The minimum absolute atomic E-state index is 0.185. The molecule has 0 spiro atoms. The van der Waals surface area contributed by atoms with Crippen LogP contribution in [0.15, 0.2) is 0 Å². The van der Waals surface area contributed by atoms with Gasteiger partial charge in [-0.1, -0.05) is 6.92 Å². The lowest BCUT2D eigenvalue weighted by Gasteiger charge is -2.35. The molecule has 0 radical (unpaired) electrons. The highest BCUT2D eigenvalue weighted by Crippen LogP contribution is 2.11. The Kier molecular flexibility index (Phi) is 3.72. The molecule has 0 aromatic heterocycles. The Morgan fingerprint density at radius 3 is 2.38 bits per heavy atom. The van der Waals surface area contributed by atoms with Crippen LogP contribution in [0.25, 0.3) is 0 Å². The zero-order valence-corrected chi connectivity index (χ0v) is 8.75. The van der Waals surface area contributed by atoms with E-state index in [2.05, 4.69) is 0 Å². The average Bonchev–Trinajstić information content (AvgIpc) is 2.03. The van der Waals surface area contributed by atoms with Crippen LogP contribution in [0.3, 0.4) is 0 Å². The molecule has 0 bridgehead atoms. The number of ether oxygens (including phenoxy) is 1. The predicted octanol–water partition coefficient (Wildman–Crippen LogP) is 1.42. The Hall–Kier alpha value is -0.570. The molecule has 1 heterocycles. The van der Waals surface area contributed by atoms with E-state index < -0.39 is 0 Å². The van der Waals surface area contributed by atoms with E-state index in [4.69, 9.17) is 4.74 Å². The van der Waals surface area contributed by atoms with Gasteiger partial charge in [-0.3, -0.25) is 4.79 Å². The predicted molar refractivity (Wildman–Crippen MR) is 51.5 cm³/mol. The maximum atomic E-state index is 11.6. The number of hydrogen-bond donors (Lipinski definition) is 0. The fourth-order valence-corrected chi connectivity index (χ4v) is 1.75. The molecule has 1 aliphatic heterocycles. The molecule has 0 saturated carbocycles. The standard InChI is InChI=1S/C10H19NO2/c1-4-5-10(12)11-6-8(2)13-9(3)7-11/h8-9H,4-7H2,1-3H3/t8-,9?/m0/s1. The Morgan fingerprint density at radius 1 is 1.38 bits per heavy atom. The Balaban J connectivity index is 2.45. The van der Waals surface area contributed by atoms with Crippen LogP contribution in [0.1, 0.15) is 33.6 Å². The van der Waals surface area contributed by atoms with Crippen LogP contribution < -0.4 is 0 Å². The first kappa shape index (κ1) is 10.5. The summed E-state index contributed by atoms with van der Waals surface area (Å²) in [6.07, 6.45) is 1.97. The van der Waals surface area contributed by atoms with Crippen molar-refractivity contribution in [2.45, 2.75) is 45.8 Å². The first-order valence-electron chi connectivity index (χ1n) is 5.06. The summed E-state index contributed by atoms with van der Waals surface area (Å²) < 4.78 is 5.55. The Bertz CT molecular complexity index is 172. The van der Waals surface area contributed by atoms with Crippen molar-refractivity contribution in [3.8, 4) is 0 Å². The number of hydrogen-bond acceptors (Lipinski definition) is 2. The third-order valence-corrected chi connectivity index (χ3v) is 2.24. The minimum atomic E-state index is 0.185. The SMILES string of the molecule is CCCC(=O)N1CC(C)O[C@@H](C)C1. The fourth-order valence-electron chi connectivity index (χ4n) is 1.75. The van der Waals surface area contributed by atoms with E-state index >= 15 is 0 Å². The van der Waals surface area contributed by atoms with Gasteiger partial charge in [0.2, 0.25) is 5.91 Å². The third kappa shape index (κ3) is 2.99. The van der Waals surface area contributed by atoms with Crippen LogP contribution in [0.4, 0.5) is 0 Å². The molecule has 0 aliphatic carbocycles. The molecule has 1 saturated heterocycles. The molecule has 1 fully saturated rings. The van der Waals surface area contributed by atoms with Gasteiger partial charge >= 0.3 is 0 Å². The van der Waals surface area contributed by atoms with Gasteiger partial charge in [0, 0.05) is 19.5 Å². The van der Waals surface area contributed by atoms with Gasteiger partial charge in [-0.15, -0.1) is 0 Å². The van der Waals surface area contributed by atoms with E-state index in [1.807, 2.05) is 25.7 Å². The molecule has 2 atom stereocenters. The van der Waals surface area contributed by atoms with E-state index in [0.29, 0.717) is 6.42 Å². The maximum absolute atomic E-state index is 11.6. The normalized spacial score (nSPS) is 29.0. The summed E-state index contributed by atoms with van der Waals surface area (Å²) in [6, 6.07) is 0. The van der Waals surface area contributed by atoms with Gasteiger partial charge in [-0.25, -0.2) is 0 Å². The van der Waals surface area contributed by atoms with Crippen LogP contribution >= 0.6 is 0 Å². The van der Waals surface area contributed by atoms with Crippen molar-refractivity contribution in [3.05, 3.63) is 0 Å². The molecule has 1 amide bonds. The molecule has 3 heteroatoms. The van der Waals surface area contributed by atoms with Crippen LogP contribution in [0.5, 0.6) is 0 Å². The third-order valence-electron chi connectivity index (χ3n) is 2.24. The van der Waals surface area contributed by atoms with Crippen LogP contribution in [0, 0.1) is 0 Å². The molecular weight excluding hydrogens is 166 g/mol. The second-order valence-corrected chi connectivity index (χ2v) is 3.81. The van der Waals surface area contributed by atoms with E-state index in [1.54, 1.807) is 0 Å². The Morgan fingerprint density at radius 2 is 1.92 bits per heavy atom. The topological polar surface area (TPSA) is 29.5 Å². The number of carbonyl (C=O) groups is 1. The first-order chi connectivity index (χ1) is 6.13. The molecule has 0 N–H and O–H groups in total. The lowest BCUT2D eigenvalue weighted by molar-refractivity contribution is -0.143. The van der Waals surface area contributed by atoms with Crippen molar-refractivity contribution < 1.29 is 9.53 Å². The van der Waals surface area contributed by atoms with Crippen LogP contribution in [-0.2, 0) is 9.53 Å². The fraction of sp³-hybridized carbons (Fsp3) is 0.900. The maximum Gasteiger partial charge on any atom is 0.222 e. The molecule has 0 aromatic carbocycles. The van der Waals surface area contributed by atoms with Crippen molar-refractivity contribution in [3.63, 3.8) is 0 Å². The number of carbonyl (C=O) groups excluding carboxylic acids is 1. The first-order valence-corrected chi connectivity index (χ1v) is 5.06. The quantitative estimate of drug-likeness (QED) is 0.651. The van der Waals surface area contributed by atoms with Gasteiger partial charge in [0.15, 0.2) is 0 Å². The van der Waals surface area contributed by atoms with Crippen molar-refractivity contribution in [2.24, 2.45) is 0 Å². The van der Waals surface area contributed by atoms with Crippen molar-refractivity contribution in [1.82, 2.24) is 4.90 Å². The van der Waals surface area contributed by atoms with Gasteiger partial charge in [-0.05, 0) is 20.3 Å². The highest BCUT2D eigenvalue weighted by atomic mass is 16.5. The molecule has 3 nitrogen and oxygen atoms in total. The molecule has 76 valence electrons. The molecule has 1 unspecified atom stereocenters. The number of rotatable bonds is 2. The largest absolute Gasteiger partial charge is 0.372 e. The molecule has 1 rings (SSSR count). The smallest absolute Gasteiger partial charge is 0.222 e. The van der Waals surface area contributed by atoms with Gasteiger partial charge in [-0.2, -0.15) is 0 Å². The highest BCUT2D eigenvalue weighted by Gasteiger charge is 2.24. The van der Waals surface area contributed by atoms with Gasteiger partial charge in [0.1, 0.15) is 0 Å². The minimum Gasteiger partial charge on any atom is -0.372 e. The van der Waals surface area contributed by atoms with Crippen molar-refractivity contribution in [1.29, 1.82) is 0 Å². The summed E-state index contributed by atoms with van der Waals surface area (Å²) in [4.78, 5) is 13.5. The van der Waals surface area contributed by atoms with Crippen molar-refractivity contribution >= 4 is 5.91 Å². The summed E-state index contributed by atoms with van der Waals surface area (Å²) in [5.41, 5.74) is 0. The second-order valence-electron chi connectivity index (χ2n) is 3.81. The van der Waals surface area contributed by atoms with Crippen LogP contribution in [0.2, 0.25) is 0 Å². The lowest BCUT2D eigenvalue weighted by Crippen LogP contribution is -2.48. The highest BCUT2D eigenvalue weighted by molar-refractivity contribution is 5.76. The van der Waals surface area contributed by atoms with E-state index in [-0.39, 0.29) is 18.1 Å².